The van der Waals surface area contributed by atoms with Crippen molar-refractivity contribution in [1.82, 2.24) is 4.98 Å². The van der Waals surface area contributed by atoms with Crippen LogP contribution in [0, 0.1) is 6.92 Å². The predicted octanol–water partition coefficient (Wildman–Crippen LogP) is 2.44. The first-order valence-electron chi connectivity index (χ1n) is 7.15. The van der Waals surface area contributed by atoms with Crippen molar-refractivity contribution in [2.45, 2.75) is 11.8 Å². The van der Waals surface area contributed by atoms with Gasteiger partial charge in [-0.3, -0.25) is 9.78 Å². The molecule has 3 aromatic rings. The number of rotatable bonds is 3. The Balaban J connectivity index is 1.93. The normalized spacial score (nSPS) is 11.4. The van der Waals surface area contributed by atoms with E-state index in [0.717, 1.165) is 16.6 Å². The number of pyridine rings is 1. The number of para-hydroxylation sites is 1. The second kappa shape index (κ2) is 6.03. The van der Waals surface area contributed by atoms with Crippen LogP contribution < -0.4 is 10.5 Å². The first-order chi connectivity index (χ1) is 11.3. The lowest BCUT2D eigenvalue weighted by Crippen LogP contribution is -2.14. The highest BCUT2D eigenvalue weighted by Crippen LogP contribution is 2.20. The van der Waals surface area contributed by atoms with Gasteiger partial charge in [-0.15, -0.1) is 0 Å². The topological polar surface area (TPSA) is 102 Å². The third-order valence-corrected chi connectivity index (χ3v) is 4.46. The van der Waals surface area contributed by atoms with E-state index >= 15 is 0 Å². The van der Waals surface area contributed by atoms with Crippen molar-refractivity contribution in [2.24, 2.45) is 5.14 Å². The van der Waals surface area contributed by atoms with E-state index in [-0.39, 0.29) is 10.8 Å². The molecule has 0 saturated heterocycles. The number of benzene rings is 2. The van der Waals surface area contributed by atoms with Crippen LogP contribution in [0.1, 0.15) is 16.1 Å². The van der Waals surface area contributed by atoms with Crippen molar-refractivity contribution in [3.05, 3.63) is 65.9 Å². The molecular weight excluding hydrogens is 326 g/mol. The van der Waals surface area contributed by atoms with Crippen LogP contribution in [-0.4, -0.2) is 19.3 Å². The lowest BCUT2D eigenvalue weighted by atomic mass is 10.1. The second-order valence-corrected chi connectivity index (χ2v) is 6.91. The number of fused-ring (bicyclic) bond motifs is 1. The average molecular weight is 341 g/mol. The number of amides is 1. The molecule has 0 spiro atoms. The van der Waals surface area contributed by atoms with Crippen LogP contribution in [0.2, 0.25) is 0 Å². The molecule has 3 rings (SSSR count). The number of nitrogens with two attached hydrogens (primary N) is 1. The standard InChI is InChI=1S/C17H15N3O3S/c1-11-10-15(14-4-2-3-5-16(14)19-11)17(21)20-12-6-8-13(9-7-12)24(18,22)23/h2-10H,1H3,(H,20,21)(H2,18,22,23). The molecule has 0 fully saturated rings. The molecule has 1 heterocycles. The Morgan fingerprint density at radius 2 is 1.75 bits per heavy atom. The highest BCUT2D eigenvalue weighted by Gasteiger charge is 2.13. The van der Waals surface area contributed by atoms with Gasteiger partial charge in [0.25, 0.3) is 5.91 Å². The van der Waals surface area contributed by atoms with E-state index in [0.29, 0.717) is 11.3 Å². The number of anilines is 1. The van der Waals surface area contributed by atoms with E-state index < -0.39 is 10.0 Å². The van der Waals surface area contributed by atoms with Gasteiger partial charge in [-0.1, -0.05) is 18.2 Å². The van der Waals surface area contributed by atoms with Gasteiger partial charge in [-0.2, -0.15) is 0 Å². The first-order valence-corrected chi connectivity index (χ1v) is 8.70. The third-order valence-electron chi connectivity index (χ3n) is 3.53. The first kappa shape index (κ1) is 16.1. The molecule has 7 heteroatoms. The number of hydrogen-bond acceptors (Lipinski definition) is 4. The fourth-order valence-electron chi connectivity index (χ4n) is 2.42. The molecule has 24 heavy (non-hydrogen) atoms. The molecule has 122 valence electrons. The number of sulfonamides is 1. The number of carbonyl (C=O) groups excluding carboxylic acids is 1. The van der Waals surface area contributed by atoms with Gasteiger partial charge in [0, 0.05) is 16.8 Å². The van der Waals surface area contributed by atoms with Gasteiger partial charge in [0.2, 0.25) is 10.0 Å². The summed E-state index contributed by atoms with van der Waals surface area (Å²) in [5.74, 6) is -0.292. The van der Waals surface area contributed by atoms with Crippen LogP contribution in [0.3, 0.4) is 0 Å². The monoisotopic (exact) mass is 341 g/mol. The molecule has 0 atom stereocenters. The Morgan fingerprint density at radius 3 is 2.42 bits per heavy atom. The molecule has 3 N–H and O–H groups in total. The number of nitrogens with one attached hydrogen (secondary N) is 1. The third kappa shape index (κ3) is 3.27. The Bertz CT molecular complexity index is 1030. The minimum Gasteiger partial charge on any atom is -0.322 e. The lowest BCUT2D eigenvalue weighted by molar-refractivity contribution is 0.102. The molecule has 0 aliphatic rings. The molecular formula is C17H15N3O3S. The van der Waals surface area contributed by atoms with Crippen LogP contribution in [-0.2, 0) is 10.0 Å². The number of nitrogens with zero attached hydrogens (tertiary/aromatic N) is 1. The molecule has 0 saturated carbocycles. The maximum absolute atomic E-state index is 12.6. The van der Waals surface area contributed by atoms with E-state index in [1.807, 2.05) is 31.2 Å². The summed E-state index contributed by atoms with van der Waals surface area (Å²) in [5, 5.41) is 8.56. The van der Waals surface area contributed by atoms with Gasteiger partial charge >= 0.3 is 0 Å². The Labute approximate surface area is 139 Å². The van der Waals surface area contributed by atoms with Crippen molar-refractivity contribution in [3.8, 4) is 0 Å². The largest absolute Gasteiger partial charge is 0.322 e. The minimum atomic E-state index is -3.76. The SMILES string of the molecule is Cc1cc(C(=O)Nc2ccc(S(N)(=O)=O)cc2)c2ccccc2n1. The highest BCUT2D eigenvalue weighted by atomic mass is 32.2. The minimum absolute atomic E-state index is 0.00861. The predicted molar refractivity (Wildman–Crippen MR) is 92.2 cm³/mol. The van der Waals surface area contributed by atoms with Crippen molar-refractivity contribution >= 4 is 32.5 Å². The smallest absolute Gasteiger partial charge is 0.256 e. The number of hydrogen-bond donors (Lipinski definition) is 2. The second-order valence-electron chi connectivity index (χ2n) is 5.35. The number of aryl methyl sites for hydroxylation is 1. The maximum Gasteiger partial charge on any atom is 0.256 e. The van der Waals surface area contributed by atoms with E-state index in [4.69, 9.17) is 5.14 Å². The summed E-state index contributed by atoms with van der Waals surface area (Å²) in [6, 6.07) is 14.8. The summed E-state index contributed by atoms with van der Waals surface area (Å²) in [6.45, 7) is 1.82. The molecule has 2 aromatic carbocycles. The molecule has 1 amide bonds. The zero-order valence-corrected chi connectivity index (χ0v) is 13.7. The molecule has 0 bridgehead atoms. The maximum atomic E-state index is 12.6. The Kier molecular flexibility index (Phi) is 4.04. The summed E-state index contributed by atoms with van der Waals surface area (Å²) in [4.78, 5) is 17.0. The van der Waals surface area contributed by atoms with Crippen molar-refractivity contribution < 1.29 is 13.2 Å². The fourth-order valence-corrected chi connectivity index (χ4v) is 2.94. The molecule has 0 aliphatic carbocycles. The van der Waals surface area contributed by atoms with Gasteiger partial charge in [0.05, 0.1) is 16.0 Å². The summed E-state index contributed by atoms with van der Waals surface area (Å²) >= 11 is 0. The van der Waals surface area contributed by atoms with Gasteiger partial charge in [-0.05, 0) is 43.3 Å². The van der Waals surface area contributed by atoms with Crippen molar-refractivity contribution in [3.63, 3.8) is 0 Å². The summed E-state index contributed by atoms with van der Waals surface area (Å²) in [6.07, 6.45) is 0. The van der Waals surface area contributed by atoms with E-state index in [1.165, 1.54) is 24.3 Å². The van der Waals surface area contributed by atoms with Crippen LogP contribution in [0.25, 0.3) is 10.9 Å². The van der Waals surface area contributed by atoms with Crippen LogP contribution in [0.4, 0.5) is 5.69 Å². The van der Waals surface area contributed by atoms with Gasteiger partial charge in [0.1, 0.15) is 0 Å². The van der Waals surface area contributed by atoms with Crippen LogP contribution in [0.15, 0.2) is 59.5 Å². The quantitative estimate of drug-likeness (QED) is 0.764. The van der Waals surface area contributed by atoms with Crippen molar-refractivity contribution in [2.75, 3.05) is 5.32 Å². The molecule has 0 aliphatic heterocycles. The lowest BCUT2D eigenvalue weighted by Gasteiger charge is -2.09. The molecule has 0 unspecified atom stereocenters. The Hall–Kier alpha value is -2.77. The molecule has 0 radical (unpaired) electrons. The number of aromatic nitrogens is 1. The fraction of sp³-hybridized carbons (Fsp3) is 0.0588. The molecule has 1 aromatic heterocycles. The zero-order chi connectivity index (χ0) is 17.3. The van der Waals surface area contributed by atoms with Crippen LogP contribution >= 0.6 is 0 Å². The average Bonchev–Trinajstić information content (AvgIpc) is 2.53. The molecule has 6 nitrogen and oxygen atoms in total. The zero-order valence-electron chi connectivity index (χ0n) is 12.9. The summed E-state index contributed by atoms with van der Waals surface area (Å²) in [5.41, 5.74) is 2.47. The van der Waals surface area contributed by atoms with Gasteiger partial charge < -0.3 is 5.32 Å². The van der Waals surface area contributed by atoms with Crippen LogP contribution in [0.5, 0.6) is 0 Å². The van der Waals surface area contributed by atoms with E-state index in [1.54, 1.807) is 6.07 Å². The van der Waals surface area contributed by atoms with E-state index in [9.17, 15) is 13.2 Å². The van der Waals surface area contributed by atoms with E-state index in [2.05, 4.69) is 10.3 Å². The van der Waals surface area contributed by atoms with Gasteiger partial charge in [0.15, 0.2) is 0 Å². The summed E-state index contributed by atoms with van der Waals surface area (Å²) < 4.78 is 22.5. The number of carbonyl (C=O) groups is 1. The van der Waals surface area contributed by atoms with Crippen molar-refractivity contribution in [1.29, 1.82) is 0 Å². The highest BCUT2D eigenvalue weighted by molar-refractivity contribution is 7.89. The Morgan fingerprint density at radius 1 is 1.08 bits per heavy atom. The van der Waals surface area contributed by atoms with Gasteiger partial charge in [-0.25, -0.2) is 13.6 Å². The number of primary sulfonamides is 1. The summed E-state index contributed by atoms with van der Waals surface area (Å²) in [7, 11) is -3.76.